The van der Waals surface area contributed by atoms with Gasteiger partial charge < -0.3 is 10.5 Å². The fraction of sp³-hybridized carbons (Fsp3) is 0.231. The molecule has 0 saturated carbocycles. The summed E-state index contributed by atoms with van der Waals surface area (Å²) in [5.74, 6) is 0.503. The Morgan fingerprint density at radius 3 is 2.55 bits per heavy atom. The first-order valence-corrected chi connectivity index (χ1v) is 6.77. The SMILES string of the molecule is CCCn1nc(Oc2c(Cl)cc(N)cc2Cl)ccc1=O. The molecular weight excluding hydrogens is 301 g/mol. The predicted octanol–water partition coefficient (Wildman–Crippen LogP) is 3.33. The molecule has 0 amide bonds. The van der Waals surface area contributed by atoms with E-state index in [9.17, 15) is 4.79 Å². The van der Waals surface area contributed by atoms with Gasteiger partial charge in [0.05, 0.1) is 10.0 Å². The number of nitrogens with two attached hydrogens (primary N) is 1. The molecule has 2 rings (SSSR count). The zero-order valence-corrected chi connectivity index (χ0v) is 12.3. The average Bonchev–Trinajstić information content (AvgIpc) is 2.37. The minimum Gasteiger partial charge on any atom is -0.434 e. The van der Waals surface area contributed by atoms with Crippen LogP contribution in [0.5, 0.6) is 11.6 Å². The molecule has 0 aliphatic rings. The van der Waals surface area contributed by atoms with Crippen molar-refractivity contribution in [1.29, 1.82) is 0 Å². The molecule has 0 bridgehead atoms. The Morgan fingerprint density at radius 1 is 1.30 bits per heavy atom. The lowest BCUT2D eigenvalue weighted by Crippen LogP contribution is -2.21. The normalized spacial score (nSPS) is 10.6. The molecule has 106 valence electrons. The van der Waals surface area contributed by atoms with Gasteiger partial charge in [-0.3, -0.25) is 4.79 Å². The van der Waals surface area contributed by atoms with E-state index in [1.54, 1.807) is 0 Å². The van der Waals surface area contributed by atoms with Crippen LogP contribution in [-0.4, -0.2) is 9.78 Å². The van der Waals surface area contributed by atoms with E-state index in [1.807, 2.05) is 6.92 Å². The highest BCUT2D eigenvalue weighted by Crippen LogP contribution is 2.37. The number of hydrogen-bond acceptors (Lipinski definition) is 4. The highest BCUT2D eigenvalue weighted by Gasteiger charge is 2.11. The number of halogens is 2. The molecule has 0 atom stereocenters. The van der Waals surface area contributed by atoms with Crippen LogP contribution >= 0.6 is 23.2 Å². The van der Waals surface area contributed by atoms with E-state index in [0.717, 1.165) is 6.42 Å². The quantitative estimate of drug-likeness (QED) is 0.879. The van der Waals surface area contributed by atoms with Crippen molar-refractivity contribution >= 4 is 28.9 Å². The lowest BCUT2D eigenvalue weighted by Gasteiger charge is -2.10. The summed E-state index contributed by atoms with van der Waals surface area (Å²) in [7, 11) is 0. The fourth-order valence-corrected chi connectivity index (χ4v) is 2.22. The van der Waals surface area contributed by atoms with Crippen LogP contribution in [0.4, 0.5) is 5.69 Å². The zero-order valence-electron chi connectivity index (χ0n) is 10.8. The Labute approximate surface area is 125 Å². The van der Waals surface area contributed by atoms with Crippen molar-refractivity contribution in [3.8, 4) is 11.6 Å². The lowest BCUT2D eigenvalue weighted by molar-refractivity contribution is 0.427. The lowest BCUT2D eigenvalue weighted by atomic mass is 10.3. The van der Waals surface area contributed by atoms with E-state index in [0.29, 0.717) is 12.2 Å². The van der Waals surface area contributed by atoms with Gasteiger partial charge in [0.2, 0.25) is 5.88 Å². The summed E-state index contributed by atoms with van der Waals surface area (Å²) in [5, 5.41) is 4.66. The van der Waals surface area contributed by atoms with Crippen molar-refractivity contribution < 1.29 is 4.74 Å². The molecule has 0 radical (unpaired) electrons. The summed E-state index contributed by atoms with van der Waals surface area (Å²) in [6.07, 6.45) is 0.791. The third kappa shape index (κ3) is 3.23. The van der Waals surface area contributed by atoms with Crippen LogP contribution in [0, 0.1) is 0 Å². The number of hydrogen-bond donors (Lipinski definition) is 1. The third-order valence-electron chi connectivity index (χ3n) is 2.50. The molecule has 20 heavy (non-hydrogen) atoms. The Bertz CT molecular complexity index is 663. The van der Waals surface area contributed by atoms with Crippen LogP contribution in [0.2, 0.25) is 10.0 Å². The van der Waals surface area contributed by atoms with E-state index >= 15 is 0 Å². The fourth-order valence-electron chi connectivity index (χ4n) is 1.64. The van der Waals surface area contributed by atoms with Crippen molar-refractivity contribution in [3.63, 3.8) is 0 Å². The van der Waals surface area contributed by atoms with Gasteiger partial charge in [-0.25, -0.2) is 4.68 Å². The van der Waals surface area contributed by atoms with E-state index in [2.05, 4.69) is 5.10 Å². The molecule has 0 fully saturated rings. The molecule has 0 aliphatic heterocycles. The summed E-state index contributed by atoms with van der Waals surface area (Å²) < 4.78 is 6.87. The number of aromatic nitrogens is 2. The van der Waals surface area contributed by atoms with Gasteiger partial charge in [0, 0.05) is 24.4 Å². The van der Waals surface area contributed by atoms with Gasteiger partial charge >= 0.3 is 0 Å². The first-order chi connectivity index (χ1) is 9.51. The van der Waals surface area contributed by atoms with E-state index in [1.165, 1.54) is 28.9 Å². The zero-order chi connectivity index (χ0) is 14.7. The van der Waals surface area contributed by atoms with Crippen LogP contribution in [0.15, 0.2) is 29.1 Å². The second kappa shape index (κ2) is 6.15. The molecule has 1 aromatic carbocycles. The number of nitrogen functional groups attached to an aromatic ring is 1. The minimum absolute atomic E-state index is 0.186. The van der Waals surface area contributed by atoms with Crippen LogP contribution in [0.25, 0.3) is 0 Å². The highest BCUT2D eigenvalue weighted by molar-refractivity contribution is 6.37. The number of nitrogens with zero attached hydrogens (tertiary/aromatic N) is 2. The molecule has 2 aromatic rings. The highest BCUT2D eigenvalue weighted by atomic mass is 35.5. The number of rotatable bonds is 4. The molecular formula is C13H13Cl2N3O2. The molecule has 7 heteroatoms. The van der Waals surface area contributed by atoms with Crippen LogP contribution in [-0.2, 0) is 6.54 Å². The summed E-state index contributed by atoms with van der Waals surface area (Å²) in [4.78, 5) is 11.6. The van der Waals surface area contributed by atoms with E-state index < -0.39 is 0 Å². The Balaban J connectivity index is 2.35. The standard InChI is InChI=1S/C13H13Cl2N3O2/c1-2-5-18-12(19)4-3-11(17-18)20-13-9(14)6-8(16)7-10(13)15/h3-4,6-7H,2,5,16H2,1H3. The maximum atomic E-state index is 11.6. The molecule has 5 nitrogen and oxygen atoms in total. The van der Waals surface area contributed by atoms with Crippen molar-refractivity contribution in [2.24, 2.45) is 0 Å². The maximum absolute atomic E-state index is 11.6. The monoisotopic (exact) mass is 313 g/mol. The molecule has 0 spiro atoms. The summed E-state index contributed by atoms with van der Waals surface area (Å²) in [5.41, 5.74) is 5.87. The van der Waals surface area contributed by atoms with Gasteiger partial charge in [-0.1, -0.05) is 30.1 Å². The molecule has 0 unspecified atom stereocenters. The van der Waals surface area contributed by atoms with Gasteiger partial charge in [-0.05, 0) is 18.6 Å². The smallest absolute Gasteiger partial charge is 0.266 e. The van der Waals surface area contributed by atoms with Crippen molar-refractivity contribution in [2.45, 2.75) is 19.9 Å². The molecule has 2 N–H and O–H groups in total. The molecule has 0 saturated heterocycles. The second-order valence-electron chi connectivity index (χ2n) is 4.15. The molecule has 1 aromatic heterocycles. The summed E-state index contributed by atoms with van der Waals surface area (Å²) in [6.45, 7) is 2.47. The molecule has 0 aliphatic carbocycles. The van der Waals surface area contributed by atoms with Crippen molar-refractivity contribution in [3.05, 3.63) is 44.7 Å². The van der Waals surface area contributed by atoms with Gasteiger partial charge in [-0.2, -0.15) is 0 Å². The Morgan fingerprint density at radius 2 is 1.95 bits per heavy atom. The Hall–Kier alpha value is -1.72. The minimum atomic E-state index is -0.186. The first-order valence-electron chi connectivity index (χ1n) is 6.01. The average molecular weight is 314 g/mol. The number of ether oxygens (including phenoxy) is 1. The molecule has 1 heterocycles. The largest absolute Gasteiger partial charge is 0.434 e. The van der Waals surface area contributed by atoms with Crippen LogP contribution < -0.4 is 16.0 Å². The van der Waals surface area contributed by atoms with Crippen molar-refractivity contribution in [1.82, 2.24) is 9.78 Å². The van der Waals surface area contributed by atoms with E-state index in [4.69, 9.17) is 33.7 Å². The number of aryl methyl sites for hydroxylation is 1. The van der Waals surface area contributed by atoms with Crippen LogP contribution in [0.1, 0.15) is 13.3 Å². The first kappa shape index (κ1) is 14.7. The van der Waals surface area contributed by atoms with E-state index in [-0.39, 0.29) is 27.2 Å². The van der Waals surface area contributed by atoms with Gasteiger partial charge in [-0.15, -0.1) is 5.10 Å². The number of anilines is 1. The van der Waals surface area contributed by atoms with Crippen molar-refractivity contribution in [2.75, 3.05) is 5.73 Å². The maximum Gasteiger partial charge on any atom is 0.266 e. The number of benzene rings is 1. The third-order valence-corrected chi connectivity index (χ3v) is 3.07. The van der Waals surface area contributed by atoms with Gasteiger partial charge in [0.15, 0.2) is 5.75 Å². The predicted molar refractivity (Wildman–Crippen MR) is 79.7 cm³/mol. The second-order valence-corrected chi connectivity index (χ2v) is 4.96. The van der Waals surface area contributed by atoms with Gasteiger partial charge in [0.25, 0.3) is 5.56 Å². The van der Waals surface area contributed by atoms with Gasteiger partial charge in [0.1, 0.15) is 0 Å². The topological polar surface area (TPSA) is 70.1 Å². The van der Waals surface area contributed by atoms with Crippen LogP contribution in [0.3, 0.4) is 0 Å². The summed E-state index contributed by atoms with van der Waals surface area (Å²) >= 11 is 12.1. The Kier molecular flexibility index (Phi) is 4.52. The summed E-state index contributed by atoms with van der Waals surface area (Å²) in [6, 6.07) is 5.92.